The molecular formula is C16H27N3O3. The van der Waals surface area contributed by atoms with Crippen LogP contribution in [0.5, 0.6) is 0 Å². The smallest absolute Gasteiger partial charge is 0.220 e. The number of ether oxygens (including phenoxy) is 1. The summed E-state index contributed by atoms with van der Waals surface area (Å²) in [5, 5.41) is 7.07. The number of likely N-dealkylation sites (tertiary alicyclic amines) is 1. The van der Waals surface area contributed by atoms with Crippen molar-refractivity contribution in [1.82, 2.24) is 15.4 Å². The molecule has 22 heavy (non-hydrogen) atoms. The molecular weight excluding hydrogens is 282 g/mol. The molecule has 1 aliphatic rings. The average molecular weight is 309 g/mol. The SMILES string of the molecule is COCCN1CCC(NC(=O)CCc2c(C)noc2C)CC1. The van der Waals surface area contributed by atoms with Crippen molar-refractivity contribution in [2.24, 2.45) is 0 Å². The van der Waals surface area contributed by atoms with Crippen LogP contribution in [-0.2, 0) is 16.0 Å². The van der Waals surface area contributed by atoms with E-state index in [-0.39, 0.29) is 5.91 Å². The van der Waals surface area contributed by atoms with Crippen molar-refractivity contribution in [3.05, 3.63) is 17.0 Å². The second kappa shape index (κ2) is 8.29. The first-order chi connectivity index (χ1) is 10.6. The Bertz CT molecular complexity index is 459. The summed E-state index contributed by atoms with van der Waals surface area (Å²) in [5.41, 5.74) is 1.95. The van der Waals surface area contributed by atoms with Crippen molar-refractivity contribution in [2.45, 2.75) is 45.6 Å². The number of hydrogen-bond acceptors (Lipinski definition) is 5. The van der Waals surface area contributed by atoms with Gasteiger partial charge < -0.3 is 19.5 Å². The second-order valence-electron chi connectivity index (χ2n) is 5.98. The summed E-state index contributed by atoms with van der Waals surface area (Å²) < 4.78 is 10.2. The number of methoxy groups -OCH3 is 1. The third-order valence-electron chi connectivity index (χ3n) is 4.35. The van der Waals surface area contributed by atoms with E-state index in [4.69, 9.17) is 9.26 Å². The van der Waals surface area contributed by atoms with E-state index < -0.39 is 0 Å². The van der Waals surface area contributed by atoms with Gasteiger partial charge in [-0.1, -0.05) is 5.16 Å². The van der Waals surface area contributed by atoms with Crippen LogP contribution in [-0.4, -0.2) is 55.4 Å². The van der Waals surface area contributed by atoms with Crippen LogP contribution >= 0.6 is 0 Å². The molecule has 1 fully saturated rings. The Kier molecular flexibility index (Phi) is 6.39. The predicted octanol–water partition coefficient (Wildman–Crippen LogP) is 1.45. The zero-order valence-corrected chi connectivity index (χ0v) is 13.9. The standard InChI is InChI=1S/C16H27N3O3/c1-12-15(13(2)22-18-12)4-5-16(20)17-14-6-8-19(9-7-14)10-11-21-3/h14H,4-11H2,1-3H3,(H,17,20). The number of carbonyl (C=O) groups excluding carboxylic acids is 1. The van der Waals surface area contributed by atoms with Gasteiger partial charge in [-0.3, -0.25) is 4.79 Å². The van der Waals surface area contributed by atoms with Gasteiger partial charge in [0, 0.05) is 44.8 Å². The number of aromatic nitrogens is 1. The van der Waals surface area contributed by atoms with E-state index in [9.17, 15) is 4.79 Å². The fraction of sp³-hybridized carbons (Fsp3) is 0.750. The third-order valence-corrected chi connectivity index (χ3v) is 4.35. The summed E-state index contributed by atoms with van der Waals surface area (Å²) in [6, 6.07) is 0.302. The van der Waals surface area contributed by atoms with Gasteiger partial charge in [0.15, 0.2) is 0 Å². The molecule has 0 spiro atoms. The van der Waals surface area contributed by atoms with Gasteiger partial charge in [-0.2, -0.15) is 0 Å². The molecule has 1 saturated heterocycles. The number of aryl methyl sites for hydroxylation is 2. The van der Waals surface area contributed by atoms with Crippen molar-refractivity contribution < 1.29 is 14.1 Å². The van der Waals surface area contributed by atoms with Crippen molar-refractivity contribution in [3.63, 3.8) is 0 Å². The summed E-state index contributed by atoms with van der Waals surface area (Å²) in [4.78, 5) is 14.5. The lowest BCUT2D eigenvalue weighted by atomic mass is 10.0. The molecule has 0 aliphatic carbocycles. The Morgan fingerprint density at radius 2 is 2.14 bits per heavy atom. The van der Waals surface area contributed by atoms with Gasteiger partial charge >= 0.3 is 0 Å². The molecule has 1 aliphatic heterocycles. The van der Waals surface area contributed by atoms with E-state index >= 15 is 0 Å². The van der Waals surface area contributed by atoms with E-state index in [2.05, 4.69) is 15.4 Å². The lowest BCUT2D eigenvalue weighted by Gasteiger charge is -2.32. The van der Waals surface area contributed by atoms with Crippen LogP contribution < -0.4 is 5.32 Å². The molecule has 6 heteroatoms. The lowest BCUT2D eigenvalue weighted by molar-refractivity contribution is -0.122. The Hall–Kier alpha value is -1.40. The van der Waals surface area contributed by atoms with Gasteiger partial charge in [0.05, 0.1) is 12.3 Å². The summed E-state index contributed by atoms with van der Waals surface area (Å²) >= 11 is 0. The molecule has 1 aromatic heterocycles. The van der Waals surface area contributed by atoms with Crippen LogP contribution in [0.15, 0.2) is 4.52 Å². The second-order valence-corrected chi connectivity index (χ2v) is 5.98. The minimum absolute atomic E-state index is 0.121. The highest BCUT2D eigenvalue weighted by Crippen LogP contribution is 2.15. The van der Waals surface area contributed by atoms with Crippen molar-refractivity contribution in [2.75, 3.05) is 33.4 Å². The molecule has 1 amide bonds. The molecule has 2 heterocycles. The zero-order chi connectivity index (χ0) is 15.9. The van der Waals surface area contributed by atoms with E-state index in [0.717, 1.165) is 56.1 Å². The number of nitrogens with one attached hydrogen (secondary N) is 1. The van der Waals surface area contributed by atoms with E-state index in [1.54, 1.807) is 7.11 Å². The van der Waals surface area contributed by atoms with Gasteiger partial charge in [0.25, 0.3) is 0 Å². The summed E-state index contributed by atoms with van der Waals surface area (Å²) in [6.07, 6.45) is 3.22. The zero-order valence-electron chi connectivity index (χ0n) is 13.9. The number of hydrogen-bond donors (Lipinski definition) is 1. The average Bonchev–Trinajstić information content (AvgIpc) is 2.83. The van der Waals surface area contributed by atoms with Gasteiger partial charge in [-0.05, 0) is 33.1 Å². The molecule has 124 valence electrons. The van der Waals surface area contributed by atoms with E-state index in [1.807, 2.05) is 13.8 Å². The van der Waals surface area contributed by atoms with Gasteiger partial charge in [0.2, 0.25) is 5.91 Å². The van der Waals surface area contributed by atoms with Crippen LogP contribution in [0.1, 0.15) is 36.3 Å². The highest BCUT2D eigenvalue weighted by molar-refractivity contribution is 5.76. The lowest BCUT2D eigenvalue weighted by Crippen LogP contribution is -2.45. The molecule has 1 aromatic rings. The Morgan fingerprint density at radius 3 is 2.73 bits per heavy atom. The van der Waals surface area contributed by atoms with Gasteiger partial charge in [-0.15, -0.1) is 0 Å². The van der Waals surface area contributed by atoms with Crippen molar-refractivity contribution >= 4 is 5.91 Å². The van der Waals surface area contributed by atoms with Crippen LogP contribution in [0.2, 0.25) is 0 Å². The maximum Gasteiger partial charge on any atom is 0.220 e. The topological polar surface area (TPSA) is 67.6 Å². The number of piperidine rings is 1. The fourth-order valence-corrected chi connectivity index (χ4v) is 2.92. The molecule has 2 rings (SSSR count). The molecule has 6 nitrogen and oxygen atoms in total. The molecule has 0 radical (unpaired) electrons. The summed E-state index contributed by atoms with van der Waals surface area (Å²) in [5.74, 6) is 0.937. The molecule has 0 aromatic carbocycles. The maximum atomic E-state index is 12.1. The summed E-state index contributed by atoms with van der Waals surface area (Å²) in [6.45, 7) is 7.61. The Labute approximate surface area is 132 Å². The number of nitrogens with zero attached hydrogens (tertiary/aromatic N) is 2. The third kappa shape index (κ3) is 4.81. The van der Waals surface area contributed by atoms with Crippen LogP contribution in [0, 0.1) is 13.8 Å². The Balaban J connectivity index is 1.68. The normalized spacial score (nSPS) is 16.9. The summed E-state index contributed by atoms with van der Waals surface area (Å²) in [7, 11) is 1.73. The maximum absolute atomic E-state index is 12.1. The number of amides is 1. The van der Waals surface area contributed by atoms with Crippen molar-refractivity contribution in [3.8, 4) is 0 Å². The van der Waals surface area contributed by atoms with Crippen LogP contribution in [0.25, 0.3) is 0 Å². The molecule has 1 N–H and O–H groups in total. The van der Waals surface area contributed by atoms with Crippen LogP contribution in [0.3, 0.4) is 0 Å². The quantitative estimate of drug-likeness (QED) is 0.826. The fourth-order valence-electron chi connectivity index (χ4n) is 2.92. The van der Waals surface area contributed by atoms with E-state index in [0.29, 0.717) is 18.9 Å². The Morgan fingerprint density at radius 1 is 1.41 bits per heavy atom. The minimum Gasteiger partial charge on any atom is -0.383 e. The highest BCUT2D eigenvalue weighted by Gasteiger charge is 2.20. The van der Waals surface area contributed by atoms with Gasteiger partial charge in [-0.25, -0.2) is 0 Å². The van der Waals surface area contributed by atoms with Gasteiger partial charge in [0.1, 0.15) is 5.76 Å². The molecule has 0 unspecified atom stereocenters. The van der Waals surface area contributed by atoms with Crippen molar-refractivity contribution in [1.29, 1.82) is 0 Å². The highest BCUT2D eigenvalue weighted by atomic mass is 16.5. The first kappa shape index (κ1) is 17.0. The first-order valence-electron chi connectivity index (χ1n) is 8.02. The molecule has 0 bridgehead atoms. The first-order valence-corrected chi connectivity index (χ1v) is 8.02. The van der Waals surface area contributed by atoms with Crippen LogP contribution in [0.4, 0.5) is 0 Å². The number of carbonyl (C=O) groups is 1. The molecule has 0 saturated carbocycles. The monoisotopic (exact) mass is 309 g/mol. The van der Waals surface area contributed by atoms with E-state index in [1.165, 1.54) is 0 Å². The number of rotatable bonds is 7. The predicted molar refractivity (Wildman–Crippen MR) is 83.8 cm³/mol. The molecule has 0 atom stereocenters. The minimum atomic E-state index is 0.121. The largest absolute Gasteiger partial charge is 0.383 e.